The molecule has 4 nitrogen and oxygen atoms in total. The van der Waals surface area contributed by atoms with Crippen LogP contribution in [-0.4, -0.2) is 43.2 Å². The van der Waals surface area contributed by atoms with E-state index >= 15 is 0 Å². The van der Waals surface area contributed by atoms with E-state index < -0.39 is 0 Å². The average molecular weight is 284 g/mol. The number of rotatable bonds is 6. The number of nitrogens with zero attached hydrogens (tertiary/aromatic N) is 2. The third kappa shape index (κ3) is 4.06. The van der Waals surface area contributed by atoms with Gasteiger partial charge in [-0.15, -0.1) is 0 Å². The highest BCUT2D eigenvalue weighted by molar-refractivity contribution is 6.31. The van der Waals surface area contributed by atoms with Crippen LogP contribution in [0.15, 0.2) is 12.3 Å². The van der Waals surface area contributed by atoms with Crippen molar-refractivity contribution < 1.29 is 4.74 Å². The number of likely N-dealkylation sites (tertiary alicyclic amines) is 1. The lowest BCUT2D eigenvalue weighted by Crippen LogP contribution is -2.26. The van der Waals surface area contributed by atoms with Crippen LogP contribution in [0.3, 0.4) is 0 Å². The normalized spacial score (nSPS) is 19.8. The smallest absolute Gasteiger partial charge is 0.232 e. The molecule has 1 unspecified atom stereocenters. The highest BCUT2D eigenvalue weighted by atomic mass is 35.5. The lowest BCUT2D eigenvalue weighted by atomic mass is 10.1. The van der Waals surface area contributed by atoms with Gasteiger partial charge in [-0.3, -0.25) is 0 Å². The minimum Gasteiger partial charge on any atom is -0.477 e. The monoisotopic (exact) mass is 283 g/mol. The van der Waals surface area contributed by atoms with Crippen molar-refractivity contribution in [2.75, 3.05) is 27.2 Å². The van der Waals surface area contributed by atoms with Gasteiger partial charge in [0.15, 0.2) is 0 Å². The minimum absolute atomic E-state index is 0.544. The van der Waals surface area contributed by atoms with Crippen molar-refractivity contribution in [3.63, 3.8) is 0 Å². The van der Waals surface area contributed by atoms with E-state index in [2.05, 4.69) is 22.2 Å². The Morgan fingerprint density at radius 2 is 2.42 bits per heavy atom. The Labute approximate surface area is 120 Å². The van der Waals surface area contributed by atoms with Crippen LogP contribution >= 0.6 is 11.6 Å². The fourth-order valence-corrected chi connectivity index (χ4v) is 2.75. The molecule has 0 bridgehead atoms. The van der Waals surface area contributed by atoms with Crippen molar-refractivity contribution in [3.05, 3.63) is 22.8 Å². The van der Waals surface area contributed by atoms with Crippen LogP contribution in [0.1, 0.15) is 24.8 Å². The zero-order valence-electron chi connectivity index (χ0n) is 11.7. The molecule has 1 aliphatic heterocycles. The second-order valence-electron chi connectivity index (χ2n) is 5.07. The van der Waals surface area contributed by atoms with Gasteiger partial charge in [-0.05, 0) is 51.5 Å². The van der Waals surface area contributed by atoms with E-state index in [1.807, 2.05) is 13.1 Å². The second-order valence-corrected chi connectivity index (χ2v) is 5.48. The molecule has 1 aliphatic rings. The number of halogens is 1. The van der Waals surface area contributed by atoms with E-state index in [0.29, 0.717) is 23.6 Å². The van der Waals surface area contributed by atoms with Gasteiger partial charge >= 0.3 is 0 Å². The summed E-state index contributed by atoms with van der Waals surface area (Å²) in [6.45, 7) is 2.63. The molecule has 2 heterocycles. The summed E-state index contributed by atoms with van der Waals surface area (Å²) in [5, 5.41) is 3.66. The molecular weight excluding hydrogens is 262 g/mol. The Hall–Kier alpha value is -0.840. The Morgan fingerprint density at radius 1 is 1.58 bits per heavy atom. The first-order valence-corrected chi connectivity index (χ1v) is 7.20. The second kappa shape index (κ2) is 7.08. The molecule has 1 aromatic rings. The number of nitrogens with one attached hydrogen (secondary N) is 1. The predicted molar refractivity (Wildman–Crippen MR) is 77.8 cm³/mol. The Morgan fingerprint density at radius 3 is 3.05 bits per heavy atom. The molecule has 2 rings (SSSR count). The maximum Gasteiger partial charge on any atom is 0.232 e. The van der Waals surface area contributed by atoms with Crippen molar-refractivity contribution in [2.24, 2.45) is 0 Å². The van der Waals surface area contributed by atoms with Crippen LogP contribution in [0.2, 0.25) is 5.02 Å². The first-order valence-electron chi connectivity index (χ1n) is 6.82. The molecule has 0 spiro atoms. The fourth-order valence-electron chi connectivity index (χ4n) is 2.51. The maximum absolute atomic E-state index is 6.16. The van der Waals surface area contributed by atoms with Crippen molar-refractivity contribution in [3.8, 4) is 5.88 Å². The molecule has 1 aromatic heterocycles. The summed E-state index contributed by atoms with van der Waals surface area (Å²) in [6.07, 6.45) is 5.40. The number of hydrogen-bond acceptors (Lipinski definition) is 4. The van der Waals surface area contributed by atoms with Crippen molar-refractivity contribution in [1.29, 1.82) is 0 Å². The molecule has 0 aliphatic carbocycles. The highest BCUT2D eigenvalue weighted by Gasteiger charge is 2.20. The Balaban J connectivity index is 1.82. The fraction of sp³-hybridized carbons (Fsp3) is 0.643. The first kappa shape index (κ1) is 14.6. The van der Waals surface area contributed by atoms with Gasteiger partial charge in [-0.2, -0.15) is 0 Å². The number of hydrogen-bond donors (Lipinski definition) is 1. The van der Waals surface area contributed by atoms with Crippen LogP contribution < -0.4 is 10.1 Å². The van der Waals surface area contributed by atoms with E-state index in [9.17, 15) is 0 Å². The zero-order chi connectivity index (χ0) is 13.7. The summed E-state index contributed by atoms with van der Waals surface area (Å²) in [5.41, 5.74) is 1.07. The molecule has 1 N–H and O–H groups in total. The third-order valence-corrected chi connectivity index (χ3v) is 3.88. The zero-order valence-corrected chi connectivity index (χ0v) is 12.4. The predicted octanol–water partition coefficient (Wildman–Crippen LogP) is 2.32. The highest BCUT2D eigenvalue weighted by Crippen LogP contribution is 2.23. The molecule has 0 saturated carbocycles. The number of pyridine rings is 1. The van der Waals surface area contributed by atoms with E-state index in [1.54, 1.807) is 6.20 Å². The standard InChI is InChI=1S/C14H22ClN3O/c1-16-9-11-8-13(15)14(17-10-11)19-7-5-12-4-3-6-18(12)2/h8,10,12,16H,3-7,9H2,1-2H3. The van der Waals surface area contributed by atoms with Crippen LogP contribution in [0.25, 0.3) is 0 Å². The number of aromatic nitrogens is 1. The molecule has 1 saturated heterocycles. The topological polar surface area (TPSA) is 37.4 Å². The van der Waals surface area contributed by atoms with Crippen molar-refractivity contribution in [2.45, 2.75) is 31.8 Å². The van der Waals surface area contributed by atoms with Gasteiger partial charge in [0.2, 0.25) is 5.88 Å². The number of ether oxygens (including phenoxy) is 1. The molecule has 0 amide bonds. The van der Waals surface area contributed by atoms with E-state index in [1.165, 1.54) is 19.4 Å². The van der Waals surface area contributed by atoms with E-state index in [4.69, 9.17) is 16.3 Å². The Kier molecular flexibility index (Phi) is 5.43. The average Bonchev–Trinajstić information content (AvgIpc) is 2.78. The van der Waals surface area contributed by atoms with Crippen LogP contribution in [0, 0.1) is 0 Å². The lowest BCUT2D eigenvalue weighted by Gasteiger charge is -2.19. The van der Waals surface area contributed by atoms with E-state index in [0.717, 1.165) is 18.5 Å². The largest absolute Gasteiger partial charge is 0.477 e. The van der Waals surface area contributed by atoms with Gasteiger partial charge in [0.05, 0.1) is 6.61 Å². The molecule has 1 atom stereocenters. The van der Waals surface area contributed by atoms with Crippen molar-refractivity contribution in [1.82, 2.24) is 15.2 Å². The van der Waals surface area contributed by atoms with Gasteiger partial charge < -0.3 is 15.0 Å². The lowest BCUT2D eigenvalue weighted by molar-refractivity contribution is 0.228. The molecule has 1 fully saturated rings. The summed E-state index contributed by atoms with van der Waals surface area (Å²) in [7, 11) is 4.08. The Bertz CT molecular complexity index is 414. The molecule has 106 valence electrons. The van der Waals surface area contributed by atoms with Crippen LogP contribution in [0.4, 0.5) is 0 Å². The summed E-state index contributed by atoms with van der Waals surface area (Å²) in [4.78, 5) is 6.67. The SMILES string of the molecule is CNCc1cnc(OCCC2CCCN2C)c(Cl)c1. The first-order chi connectivity index (χ1) is 9.20. The van der Waals surface area contributed by atoms with Gasteiger partial charge in [-0.25, -0.2) is 4.98 Å². The van der Waals surface area contributed by atoms with Crippen LogP contribution in [-0.2, 0) is 6.54 Å². The quantitative estimate of drug-likeness (QED) is 0.869. The van der Waals surface area contributed by atoms with Crippen LogP contribution in [0.5, 0.6) is 5.88 Å². The van der Waals surface area contributed by atoms with Gasteiger partial charge in [0, 0.05) is 18.8 Å². The molecule has 0 radical (unpaired) electrons. The van der Waals surface area contributed by atoms with E-state index in [-0.39, 0.29) is 0 Å². The minimum atomic E-state index is 0.544. The van der Waals surface area contributed by atoms with Gasteiger partial charge in [0.1, 0.15) is 5.02 Å². The summed E-state index contributed by atoms with van der Waals surface area (Å²) in [5.74, 6) is 0.544. The summed E-state index contributed by atoms with van der Waals surface area (Å²) < 4.78 is 5.69. The maximum atomic E-state index is 6.16. The van der Waals surface area contributed by atoms with Crippen molar-refractivity contribution >= 4 is 11.6 Å². The molecule has 5 heteroatoms. The van der Waals surface area contributed by atoms with Gasteiger partial charge in [0.25, 0.3) is 0 Å². The molecule has 19 heavy (non-hydrogen) atoms. The third-order valence-electron chi connectivity index (χ3n) is 3.61. The summed E-state index contributed by atoms with van der Waals surface area (Å²) in [6, 6.07) is 2.55. The molecular formula is C14H22ClN3O. The molecule has 0 aromatic carbocycles. The van der Waals surface area contributed by atoms with Gasteiger partial charge in [-0.1, -0.05) is 11.6 Å². The summed E-state index contributed by atoms with van der Waals surface area (Å²) >= 11 is 6.16.